The third-order valence-electron chi connectivity index (χ3n) is 3.96. The van der Waals surface area contributed by atoms with E-state index in [1.165, 1.54) is 5.56 Å². The molecule has 0 fully saturated rings. The maximum atomic E-state index is 5.22. The second-order valence-electron chi connectivity index (χ2n) is 6.21. The van der Waals surface area contributed by atoms with E-state index in [-0.39, 0.29) is 5.41 Å². The van der Waals surface area contributed by atoms with Crippen LogP contribution < -0.4 is 15.4 Å². The van der Waals surface area contributed by atoms with Crippen LogP contribution in [0, 0.1) is 0 Å². The molecule has 1 heterocycles. The van der Waals surface area contributed by atoms with Gasteiger partial charge in [-0.15, -0.1) is 0 Å². The average molecular weight is 326 g/mol. The second kappa shape index (κ2) is 8.34. The van der Waals surface area contributed by atoms with Crippen LogP contribution in [0.4, 0.5) is 0 Å². The zero-order valence-corrected chi connectivity index (χ0v) is 14.8. The highest BCUT2D eigenvalue weighted by Crippen LogP contribution is 2.24. The van der Waals surface area contributed by atoms with Gasteiger partial charge in [0.05, 0.1) is 19.3 Å². The molecular formula is C19H26N4O. The summed E-state index contributed by atoms with van der Waals surface area (Å²) < 4.78 is 5.22. The highest BCUT2D eigenvalue weighted by atomic mass is 16.5. The maximum absolute atomic E-state index is 5.22. The summed E-state index contributed by atoms with van der Waals surface area (Å²) in [6.07, 6.45) is 1.79. The molecule has 0 saturated heterocycles. The quantitative estimate of drug-likeness (QED) is 0.633. The van der Waals surface area contributed by atoms with E-state index >= 15 is 0 Å². The number of pyridine rings is 1. The summed E-state index contributed by atoms with van der Waals surface area (Å²) in [5.41, 5.74) is 2.19. The fourth-order valence-corrected chi connectivity index (χ4v) is 2.35. The lowest BCUT2D eigenvalue weighted by Gasteiger charge is -2.27. The summed E-state index contributed by atoms with van der Waals surface area (Å²) >= 11 is 0. The molecule has 128 valence electrons. The standard InChI is InChI=1S/C19H26N4O/c1-19(2,15-8-10-17(24-4)11-9-15)14-23-18(20-3)22-13-16-7-5-6-12-21-16/h5-12H,13-14H2,1-4H3,(H2,20,22,23). The number of methoxy groups -OCH3 is 1. The molecule has 1 aromatic carbocycles. The molecule has 0 aliphatic rings. The summed E-state index contributed by atoms with van der Waals surface area (Å²) in [7, 11) is 3.45. The Kier molecular flexibility index (Phi) is 6.18. The molecule has 5 nitrogen and oxygen atoms in total. The molecule has 0 bridgehead atoms. The number of aliphatic imine (C=N–C) groups is 1. The Hall–Kier alpha value is -2.56. The van der Waals surface area contributed by atoms with Crippen molar-refractivity contribution in [1.29, 1.82) is 0 Å². The van der Waals surface area contributed by atoms with Gasteiger partial charge in [0, 0.05) is 25.2 Å². The fourth-order valence-electron chi connectivity index (χ4n) is 2.35. The molecule has 0 aliphatic carbocycles. The first kappa shape index (κ1) is 17.8. The van der Waals surface area contributed by atoms with Crippen molar-refractivity contribution in [2.24, 2.45) is 4.99 Å². The first-order chi connectivity index (χ1) is 11.5. The minimum atomic E-state index is -0.0328. The molecule has 2 aromatic rings. The Labute approximate surface area is 144 Å². The van der Waals surface area contributed by atoms with Gasteiger partial charge in [-0.3, -0.25) is 9.98 Å². The van der Waals surface area contributed by atoms with Crippen LogP contribution in [0.25, 0.3) is 0 Å². The molecule has 2 rings (SSSR count). The Morgan fingerprint density at radius 1 is 1.12 bits per heavy atom. The van der Waals surface area contributed by atoms with Crippen LogP contribution in [-0.4, -0.2) is 31.6 Å². The van der Waals surface area contributed by atoms with E-state index in [4.69, 9.17) is 4.74 Å². The normalized spacial score (nSPS) is 11.9. The fraction of sp³-hybridized carbons (Fsp3) is 0.368. The molecule has 0 radical (unpaired) electrons. The molecule has 0 atom stereocenters. The van der Waals surface area contributed by atoms with Gasteiger partial charge < -0.3 is 15.4 Å². The number of nitrogens with one attached hydrogen (secondary N) is 2. The van der Waals surface area contributed by atoms with E-state index < -0.39 is 0 Å². The number of hydrogen-bond donors (Lipinski definition) is 2. The average Bonchev–Trinajstić information content (AvgIpc) is 2.62. The van der Waals surface area contributed by atoms with Crippen molar-refractivity contribution in [1.82, 2.24) is 15.6 Å². The molecule has 2 N–H and O–H groups in total. The number of hydrogen-bond acceptors (Lipinski definition) is 3. The van der Waals surface area contributed by atoms with E-state index in [9.17, 15) is 0 Å². The molecule has 5 heteroatoms. The largest absolute Gasteiger partial charge is 0.497 e. The van der Waals surface area contributed by atoms with Gasteiger partial charge in [-0.2, -0.15) is 0 Å². The molecule has 0 amide bonds. The van der Waals surface area contributed by atoms with Crippen molar-refractivity contribution in [3.8, 4) is 5.75 Å². The highest BCUT2D eigenvalue weighted by molar-refractivity contribution is 5.79. The Bertz CT molecular complexity index is 651. The summed E-state index contributed by atoms with van der Waals surface area (Å²) in [6, 6.07) is 14.1. The molecule has 0 unspecified atom stereocenters. The summed E-state index contributed by atoms with van der Waals surface area (Å²) in [6.45, 7) is 5.81. The minimum absolute atomic E-state index is 0.0328. The number of guanidine groups is 1. The van der Waals surface area contributed by atoms with E-state index in [0.717, 1.165) is 23.9 Å². The maximum Gasteiger partial charge on any atom is 0.191 e. The predicted molar refractivity (Wildman–Crippen MR) is 98.5 cm³/mol. The lowest BCUT2D eigenvalue weighted by Crippen LogP contribution is -2.43. The number of rotatable bonds is 6. The summed E-state index contributed by atoms with van der Waals surface area (Å²) in [5, 5.41) is 6.67. The van der Waals surface area contributed by atoms with Gasteiger partial charge in [0.25, 0.3) is 0 Å². The minimum Gasteiger partial charge on any atom is -0.497 e. The van der Waals surface area contributed by atoms with E-state index in [2.05, 4.69) is 46.6 Å². The third kappa shape index (κ3) is 4.98. The van der Waals surface area contributed by atoms with Crippen molar-refractivity contribution < 1.29 is 4.74 Å². The lowest BCUT2D eigenvalue weighted by atomic mass is 9.84. The Morgan fingerprint density at radius 2 is 1.88 bits per heavy atom. The first-order valence-corrected chi connectivity index (χ1v) is 8.04. The van der Waals surface area contributed by atoms with Crippen LogP contribution in [0.1, 0.15) is 25.1 Å². The van der Waals surface area contributed by atoms with Crippen LogP contribution in [0.3, 0.4) is 0 Å². The van der Waals surface area contributed by atoms with E-state index in [0.29, 0.717) is 6.54 Å². The summed E-state index contributed by atoms with van der Waals surface area (Å²) in [4.78, 5) is 8.57. The van der Waals surface area contributed by atoms with Gasteiger partial charge in [0.15, 0.2) is 5.96 Å². The monoisotopic (exact) mass is 326 g/mol. The zero-order chi connectivity index (χ0) is 17.4. The van der Waals surface area contributed by atoms with E-state index in [1.807, 2.05) is 30.3 Å². The van der Waals surface area contributed by atoms with Crippen LogP contribution in [0.5, 0.6) is 5.75 Å². The van der Waals surface area contributed by atoms with Crippen LogP contribution >= 0.6 is 0 Å². The summed E-state index contributed by atoms with van der Waals surface area (Å²) in [5.74, 6) is 1.64. The molecule has 0 spiro atoms. The van der Waals surface area contributed by atoms with Crippen LogP contribution in [0.15, 0.2) is 53.7 Å². The van der Waals surface area contributed by atoms with Crippen molar-refractivity contribution >= 4 is 5.96 Å². The SMILES string of the molecule is CN=C(NCc1ccccn1)NCC(C)(C)c1ccc(OC)cc1. The number of benzene rings is 1. The second-order valence-corrected chi connectivity index (χ2v) is 6.21. The van der Waals surface area contributed by atoms with Gasteiger partial charge >= 0.3 is 0 Å². The Morgan fingerprint density at radius 3 is 2.46 bits per heavy atom. The van der Waals surface area contributed by atoms with Crippen molar-refractivity contribution in [3.05, 3.63) is 59.9 Å². The van der Waals surface area contributed by atoms with Gasteiger partial charge in [0.2, 0.25) is 0 Å². The van der Waals surface area contributed by atoms with Crippen LogP contribution in [-0.2, 0) is 12.0 Å². The number of nitrogens with zero attached hydrogens (tertiary/aromatic N) is 2. The van der Waals surface area contributed by atoms with Gasteiger partial charge in [-0.25, -0.2) is 0 Å². The number of aromatic nitrogens is 1. The van der Waals surface area contributed by atoms with Crippen molar-refractivity contribution in [2.45, 2.75) is 25.8 Å². The lowest BCUT2D eigenvalue weighted by molar-refractivity contribution is 0.414. The predicted octanol–water partition coefficient (Wildman–Crippen LogP) is 2.73. The Balaban J connectivity index is 1.91. The first-order valence-electron chi connectivity index (χ1n) is 8.04. The number of ether oxygens (including phenoxy) is 1. The molecule has 0 saturated carbocycles. The molecular weight excluding hydrogens is 300 g/mol. The zero-order valence-electron chi connectivity index (χ0n) is 14.8. The van der Waals surface area contributed by atoms with Crippen molar-refractivity contribution in [3.63, 3.8) is 0 Å². The highest BCUT2D eigenvalue weighted by Gasteiger charge is 2.21. The third-order valence-corrected chi connectivity index (χ3v) is 3.96. The van der Waals surface area contributed by atoms with Gasteiger partial charge in [0.1, 0.15) is 5.75 Å². The molecule has 1 aromatic heterocycles. The van der Waals surface area contributed by atoms with Gasteiger partial charge in [-0.1, -0.05) is 32.0 Å². The smallest absolute Gasteiger partial charge is 0.191 e. The topological polar surface area (TPSA) is 58.5 Å². The van der Waals surface area contributed by atoms with E-state index in [1.54, 1.807) is 20.4 Å². The molecule has 24 heavy (non-hydrogen) atoms. The van der Waals surface area contributed by atoms with Gasteiger partial charge in [-0.05, 0) is 29.8 Å². The van der Waals surface area contributed by atoms with Crippen molar-refractivity contribution in [2.75, 3.05) is 20.7 Å². The van der Waals surface area contributed by atoms with Crippen LogP contribution in [0.2, 0.25) is 0 Å². The molecule has 0 aliphatic heterocycles.